The van der Waals surface area contributed by atoms with Gasteiger partial charge in [-0.2, -0.15) is 0 Å². The van der Waals surface area contributed by atoms with E-state index in [-0.39, 0.29) is 6.03 Å². The van der Waals surface area contributed by atoms with Crippen LogP contribution in [0, 0.1) is 5.92 Å². The topological polar surface area (TPSA) is 66.5 Å². The summed E-state index contributed by atoms with van der Waals surface area (Å²) in [6, 6.07) is 3.27. The molecule has 1 unspecified atom stereocenters. The molecule has 2 N–H and O–H groups in total. The summed E-state index contributed by atoms with van der Waals surface area (Å²) in [6.45, 7) is 6.10. The largest absolute Gasteiger partial charge is 0.481 e. The molecule has 1 aliphatic heterocycles. The third kappa shape index (κ3) is 5.23. The number of nitrogens with one attached hydrogen (secondary N) is 2. The second kappa shape index (κ2) is 7.83. The molecule has 6 nitrogen and oxygen atoms in total. The summed E-state index contributed by atoms with van der Waals surface area (Å²) >= 11 is 0. The molecular formula is C15H24N4O2. The van der Waals surface area contributed by atoms with Crippen molar-refractivity contribution in [3.63, 3.8) is 0 Å². The number of anilines is 1. The van der Waals surface area contributed by atoms with Crippen LogP contribution in [0.15, 0.2) is 18.3 Å². The van der Waals surface area contributed by atoms with Gasteiger partial charge in [-0.25, -0.2) is 9.78 Å². The number of likely N-dealkylation sites (tertiary alicyclic amines) is 1. The molecule has 6 heteroatoms. The summed E-state index contributed by atoms with van der Waals surface area (Å²) in [7, 11) is 1.56. The Morgan fingerprint density at radius 2 is 2.38 bits per heavy atom. The molecule has 1 saturated heterocycles. The first-order valence-corrected chi connectivity index (χ1v) is 7.44. The number of rotatable bonds is 5. The van der Waals surface area contributed by atoms with Crippen LogP contribution in [0.25, 0.3) is 0 Å². The minimum atomic E-state index is -0.202. The van der Waals surface area contributed by atoms with Gasteiger partial charge in [0.25, 0.3) is 0 Å². The summed E-state index contributed by atoms with van der Waals surface area (Å²) in [4.78, 5) is 18.2. The summed E-state index contributed by atoms with van der Waals surface area (Å²) in [5, 5.41) is 5.62. The van der Waals surface area contributed by atoms with Gasteiger partial charge in [0.1, 0.15) is 0 Å². The van der Waals surface area contributed by atoms with Gasteiger partial charge in [-0.15, -0.1) is 0 Å². The van der Waals surface area contributed by atoms with E-state index < -0.39 is 0 Å². The fourth-order valence-corrected chi connectivity index (χ4v) is 2.57. The molecule has 0 aliphatic carbocycles. The molecule has 0 aromatic carbocycles. The van der Waals surface area contributed by atoms with Crippen molar-refractivity contribution >= 4 is 11.7 Å². The fourth-order valence-electron chi connectivity index (χ4n) is 2.57. The van der Waals surface area contributed by atoms with Crippen molar-refractivity contribution in [3.8, 4) is 5.88 Å². The van der Waals surface area contributed by atoms with E-state index in [2.05, 4.69) is 27.4 Å². The van der Waals surface area contributed by atoms with E-state index >= 15 is 0 Å². The Balaban J connectivity index is 1.67. The molecular weight excluding hydrogens is 268 g/mol. The number of piperidine rings is 1. The molecule has 0 radical (unpaired) electrons. The molecule has 1 aromatic rings. The van der Waals surface area contributed by atoms with E-state index in [0.29, 0.717) is 18.1 Å². The van der Waals surface area contributed by atoms with Crippen LogP contribution in [0.5, 0.6) is 5.88 Å². The highest BCUT2D eigenvalue weighted by Crippen LogP contribution is 2.14. The van der Waals surface area contributed by atoms with E-state index in [0.717, 1.165) is 25.6 Å². The number of ether oxygens (including phenoxy) is 1. The molecule has 0 saturated carbocycles. The van der Waals surface area contributed by atoms with Crippen LogP contribution in [-0.2, 0) is 0 Å². The number of aromatic nitrogens is 1. The Bertz CT molecular complexity index is 449. The van der Waals surface area contributed by atoms with Crippen LogP contribution in [0.1, 0.15) is 19.8 Å². The Morgan fingerprint density at radius 3 is 3.05 bits per heavy atom. The van der Waals surface area contributed by atoms with E-state index in [1.54, 1.807) is 25.4 Å². The summed E-state index contributed by atoms with van der Waals surface area (Å²) in [5.41, 5.74) is 0.653. The van der Waals surface area contributed by atoms with Crippen LogP contribution in [-0.4, -0.2) is 49.2 Å². The monoisotopic (exact) mass is 292 g/mol. The lowest BCUT2D eigenvalue weighted by atomic mass is 10.0. The number of carbonyl (C=O) groups is 1. The van der Waals surface area contributed by atoms with Gasteiger partial charge in [-0.1, -0.05) is 6.92 Å². The molecule has 116 valence electrons. The predicted octanol–water partition coefficient (Wildman–Crippen LogP) is 1.94. The van der Waals surface area contributed by atoms with Gasteiger partial charge in [-0.3, -0.25) is 0 Å². The van der Waals surface area contributed by atoms with Crippen LogP contribution >= 0.6 is 0 Å². The van der Waals surface area contributed by atoms with Crippen molar-refractivity contribution in [1.82, 2.24) is 15.2 Å². The predicted molar refractivity (Wildman–Crippen MR) is 82.6 cm³/mol. The van der Waals surface area contributed by atoms with Gasteiger partial charge >= 0.3 is 6.03 Å². The maximum Gasteiger partial charge on any atom is 0.319 e. The van der Waals surface area contributed by atoms with Crippen molar-refractivity contribution in [3.05, 3.63) is 18.3 Å². The van der Waals surface area contributed by atoms with Gasteiger partial charge in [0.2, 0.25) is 5.88 Å². The summed E-state index contributed by atoms with van der Waals surface area (Å²) in [5.74, 6) is 1.29. The number of hydrogen-bond acceptors (Lipinski definition) is 4. The zero-order valence-corrected chi connectivity index (χ0v) is 12.8. The summed E-state index contributed by atoms with van der Waals surface area (Å²) < 4.78 is 4.97. The highest BCUT2D eigenvalue weighted by molar-refractivity contribution is 5.88. The molecule has 21 heavy (non-hydrogen) atoms. The highest BCUT2D eigenvalue weighted by Gasteiger charge is 2.15. The van der Waals surface area contributed by atoms with Crippen LogP contribution in [0.4, 0.5) is 10.5 Å². The zero-order chi connectivity index (χ0) is 15.1. The Morgan fingerprint density at radius 1 is 1.52 bits per heavy atom. The van der Waals surface area contributed by atoms with Crippen molar-refractivity contribution < 1.29 is 9.53 Å². The second-order valence-electron chi connectivity index (χ2n) is 5.52. The van der Waals surface area contributed by atoms with Crippen LogP contribution < -0.4 is 15.4 Å². The molecule has 0 spiro atoms. The number of nitrogens with zero attached hydrogens (tertiary/aromatic N) is 2. The average Bonchev–Trinajstić information content (AvgIpc) is 2.48. The molecule has 2 rings (SSSR count). The normalized spacial score (nSPS) is 19.0. The molecule has 1 fully saturated rings. The first kappa shape index (κ1) is 15.6. The van der Waals surface area contributed by atoms with Gasteiger partial charge in [0.05, 0.1) is 19.0 Å². The Hall–Kier alpha value is -1.82. The molecule has 2 heterocycles. The van der Waals surface area contributed by atoms with Crippen molar-refractivity contribution in [2.24, 2.45) is 5.92 Å². The lowest BCUT2D eigenvalue weighted by molar-refractivity contribution is 0.184. The van der Waals surface area contributed by atoms with Gasteiger partial charge < -0.3 is 20.3 Å². The lowest BCUT2D eigenvalue weighted by Crippen LogP contribution is -2.41. The average molecular weight is 292 g/mol. The third-order valence-corrected chi connectivity index (χ3v) is 3.66. The maximum absolute atomic E-state index is 11.8. The standard InChI is InChI=1S/C15H24N4O2/c1-12-4-3-8-19(11-12)9-7-16-15(20)18-13-5-6-14(21-2)17-10-13/h5-6,10,12H,3-4,7-9,11H2,1-2H3,(H2,16,18,20). The second-order valence-corrected chi connectivity index (χ2v) is 5.52. The lowest BCUT2D eigenvalue weighted by Gasteiger charge is -2.30. The maximum atomic E-state index is 11.8. The number of amides is 2. The molecule has 0 bridgehead atoms. The van der Waals surface area contributed by atoms with Gasteiger partial charge in [-0.05, 0) is 31.4 Å². The third-order valence-electron chi connectivity index (χ3n) is 3.66. The van der Waals surface area contributed by atoms with E-state index in [9.17, 15) is 4.79 Å². The minimum absolute atomic E-state index is 0.202. The van der Waals surface area contributed by atoms with Crippen molar-refractivity contribution in [2.75, 3.05) is 38.6 Å². The zero-order valence-electron chi connectivity index (χ0n) is 12.8. The number of carbonyl (C=O) groups excluding carboxylic acids is 1. The Kier molecular flexibility index (Phi) is 5.80. The number of urea groups is 1. The van der Waals surface area contributed by atoms with E-state index in [4.69, 9.17) is 4.74 Å². The fraction of sp³-hybridized carbons (Fsp3) is 0.600. The van der Waals surface area contributed by atoms with Gasteiger partial charge in [0.15, 0.2) is 0 Å². The van der Waals surface area contributed by atoms with Gasteiger partial charge in [0, 0.05) is 25.7 Å². The highest BCUT2D eigenvalue weighted by atomic mass is 16.5. The first-order valence-electron chi connectivity index (χ1n) is 7.44. The number of hydrogen-bond donors (Lipinski definition) is 2. The van der Waals surface area contributed by atoms with E-state index in [1.165, 1.54) is 12.8 Å². The number of methoxy groups -OCH3 is 1. The van der Waals surface area contributed by atoms with E-state index in [1.807, 2.05) is 0 Å². The molecule has 1 atom stereocenters. The number of pyridine rings is 1. The Labute approximate surface area is 125 Å². The SMILES string of the molecule is COc1ccc(NC(=O)NCCN2CCCC(C)C2)cn1. The first-order chi connectivity index (χ1) is 10.2. The smallest absolute Gasteiger partial charge is 0.319 e. The molecule has 2 amide bonds. The summed E-state index contributed by atoms with van der Waals surface area (Å²) in [6.07, 6.45) is 4.14. The van der Waals surface area contributed by atoms with Crippen molar-refractivity contribution in [2.45, 2.75) is 19.8 Å². The molecule has 1 aromatic heterocycles. The van der Waals surface area contributed by atoms with Crippen molar-refractivity contribution in [1.29, 1.82) is 0 Å². The van der Waals surface area contributed by atoms with Crippen LogP contribution in [0.2, 0.25) is 0 Å². The molecule has 1 aliphatic rings. The van der Waals surface area contributed by atoms with Crippen LogP contribution in [0.3, 0.4) is 0 Å². The minimum Gasteiger partial charge on any atom is -0.481 e. The quantitative estimate of drug-likeness (QED) is 0.870.